The first-order valence-corrected chi connectivity index (χ1v) is 3.44. The number of benzene rings is 1. The number of amidine groups is 1. The molecule has 1 aliphatic rings. The fraction of sp³-hybridized carbons (Fsp3) is 0.125. The van der Waals surface area contributed by atoms with Gasteiger partial charge in [-0.1, -0.05) is 24.3 Å². The van der Waals surface area contributed by atoms with Crippen molar-refractivity contribution in [1.82, 2.24) is 5.48 Å². The molecule has 0 unspecified atom stereocenters. The zero-order valence-electron chi connectivity index (χ0n) is 5.91. The van der Waals surface area contributed by atoms with Crippen LogP contribution in [0.15, 0.2) is 29.3 Å². The molecular formula is C8H8N2O. The molecule has 0 spiro atoms. The lowest BCUT2D eigenvalue weighted by atomic mass is 10.1. The summed E-state index contributed by atoms with van der Waals surface area (Å²) < 4.78 is 0. The van der Waals surface area contributed by atoms with Crippen molar-refractivity contribution in [3.05, 3.63) is 35.4 Å². The van der Waals surface area contributed by atoms with Gasteiger partial charge in [-0.2, -0.15) is 0 Å². The summed E-state index contributed by atoms with van der Waals surface area (Å²) in [6.45, 7) is 0.666. The summed E-state index contributed by atoms with van der Waals surface area (Å²) in [5.74, 6) is 0.570. The summed E-state index contributed by atoms with van der Waals surface area (Å²) in [6, 6.07) is 7.83. The van der Waals surface area contributed by atoms with Crippen molar-refractivity contribution in [3.8, 4) is 0 Å². The van der Waals surface area contributed by atoms with E-state index in [0.717, 1.165) is 11.1 Å². The minimum absolute atomic E-state index is 0.570. The average Bonchev–Trinajstić information content (AvgIpc) is 2.47. The van der Waals surface area contributed by atoms with Gasteiger partial charge in [0, 0.05) is 5.56 Å². The fourth-order valence-electron chi connectivity index (χ4n) is 1.23. The molecule has 3 nitrogen and oxygen atoms in total. The Balaban J connectivity index is 2.48. The highest BCUT2D eigenvalue weighted by molar-refractivity contribution is 6.01. The van der Waals surface area contributed by atoms with Crippen molar-refractivity contribution in [3.63, 3.8) is 0 Å². The SMILES string of the molecule is ONC1=NCc2ccccc21. The maximum atomic E-state index is 8.63. The third kappa shape index (κ3) is 0.897. The van der Waals surface area contributed by atoms with Crippen LogP contribution in [0.5, 0.6) is 0 Å². The number of aliphatic imine (C=N–C) groups is 1. The lowest BCUT2D eigenvalue weighted by Crippen LogP contribution is -2.17. The normalized spacial score (nSPS) is 14.1. The molecule has 0 aromatic heterocycles. The minimum Gasteiger partial charge on any atom is -0.290 e. The molecule has 2 N–H and O–H groups in total. The summed E-state index contributed by atoms with van der Waals surface area (Å²) in [7, 11) is 0. The van der Waals surface area contributed by atoms with E-state index < -0.39 is 0 Å². The van der Waals surface area contributed by atoms with Crippen LogP contribution in [-0.2, 0) is 6.54 Å². The van der Waals surface area contributed by atoms with Crippen LogP contribution in [0, 0.1) is 0 Å². The predicted octanol–water partition coefficient (Wildman–Crippen LogP) is 0.926. The number of nitrogens with one attached hydrogen (secondary N) is 1. The van der Waals surface area contributed by atoms with Crippen LogP contribution in [-0.4, -0.2) is 11.0 Å². The number of fused-ring (bicyclic) bond motifs is 1. The van der Waals surface area contributed by atoms with Gasteiger partial charge in [-0.05, 0) is 5.56 Å². The first-order valence-electron chi connectivity index (χ1n) is 3.44. The van der Waals surface area contributed by atoms with Crippen molar-refractivity contribution in [2.24, 2.45) is 4.99 Å². The van der Waals surface area contributed by atoms with Crippen LogP contribution >= 0.6 is 0 Å². The van der Waals surface area contributed by atoms with Crippen LogP contribution in [0.25, 0.3) is 0 Å². The van der Waals surface area contributed by atoms with Crippen LogP contribution in [0.3, 0.4) is 0 Å². The molecule has 0 saturated carbocycles. The summed E-state index contributed by atoms with van der Waals surface area (Å²) >= 11 is 0. The van der Waals surface area contributed by atoms with Crippen LogP contribution in [0.2, 0.25) is 0 Å². The summed E-state index contributed by atoms with van der Waals surface area (Å²) in [5, 5.41) is 8.63. The molecule has 1 aromatic rings. The van der Waals surface area contributed by atoms with E-state index in [1.807, 2.05) is 24.3 Å². The smallest absolute Gasteiger partial charge is 0.152 e. The van der Waals surface area contributed by atoms with Gasteiger partial charge in [-0.25, -0.2) is 0 Å². The Bertz CT molecular complexity index is 307. The lowest BCUT2D eigenvalue weighted by Gasteiger charge is -1.98. The molecule has 56 valence electrons. The molecule has 0 atom stereocenters. The van der Waals surface area contributed by atoms with Gasteiger partial charge in [-0.3, -0.25) is 15.7 Å². The number of hydrogen-bond acceptors (Lipinski definition) is 3. The Morgan fingerprint density at radius 2 is 2.18 bits per heavy atom. The molecule has 3 heteroatoms. The molecule has 0 bridgehead atoms. The molecule has 11 heavy (non-hydrogen) atoms. The average molecular weight is 148 g/mol. The first kappa shape index (κ1) is 6.37. The second-order valence-corrected chi connectivity index (χ2v) is 2.43. The van der Waals surface area contributed by atoms with E-state index in [2.05, 4.69) is 10.5 Å². The van der Waals surface area contributed by atoms with Crippen molar-refractivity contribution in [1.29, 1.82) is 0 Å². The third-order valence-corrected chi connectivity index (χ3v) is 1.79. The van der Waals surface area contributed by atoms with Crippen molar-refractivity contribution in [2.75, 3.05) is 0 Å². The number of hydrogen-bond donors (Lipinski definition) is 2. The van der Waals surface area contributed by atoms with Gasteiger partial charge in [0.15, 0.2) is 5.84 Å². The molecule has 0 aliphatic carbocycles. The monoisotopic (exact) mass is 148 g/mol. The maximum Gasteiger partial charge on any atom is 0.152 e. The van der Waals surface area contributed by atoms with E-state index in [0.29, 0.717) is 12.4 Å². The molecule has 0 amide bonds. The Hall–Kier alpha value is -1.35. The van der Waals surface area contributed by atoms with Gasteiger partial charge in [0.25, 0.3) is 0 Å². The molecule has 0 saturated heterocycles. The summed E-state index contributed by atoms with van der Waals surface area (Å²) in [4.78, 5) is 4.08. The molecule has 1 aliphatic heterocycles. The topological polar surface area (TPSA) is 44.6 Å². The zero-order valence-corrected chi connectivity index (χ0v) is 5.91. The lowest BCUT2D eigenvalue weighted by molar-refractivity contribution is 0.235. The van der Waals surface area contributed by atoms with Gasteiger partial charge >= 0.3 is 0 Å². The second kappa shape index (κ2) is 2.36. The number of rotatable bonds is 0. The van der Waals surface area contributed by atoms with Gasteiger partial charge in [-0.15, -0.1) is 0 Å². The van der Waals surface area contributed by atoms with Gasteiger partial charge < -0.3 is 0 Å². The number of nitrogens with zero attached hydrogens (tertiary/aromatic N) is 1. The largest absolute Gasteiger partial charge is 0.290 e. The summed E-state index contributed by atoms with van der Waals surface area (Å²) in [5.41, 5.74) is 4.22. The zero-order chi connectivity index (χ0) is 7.68. The van der Waals surface area contributed by atoms with Crippen LogP contribution < -0.4 is 5.48 Å². The van der Waals surface area contributed by atoms with E-state index in [9.17, 15) is 0 Å². The first-order chi connectivity index (χ1) is 5.42. The Morgan fingerprint density at radius 1 is 1.36 bits per heavy atom. The minimum atomic E-state index is 0.570. The van der Waals surface area contributed by atoms with Crippen LogP contribution in [0.1, 0.15) is 11.1 Å². The Morgan fingerprint density at radius 3 is 3.00 bits per heavy atom. The molecule has 0 radical (unpaired) electrons. The molecular weight excluding hydrogens is 140 g/mol. The Kier molecular flexibility index (Phi) is 1.36. The van der Waals surface area contributed by atoms with E-state index in [1.165, 1.54) is 0 Å². The van der Waals surface area contributed by atoms with E-state index >= 15 is 0 Å². The fourth-order valence-corrected chi connectivity index (χ4v) is 1.23. The molecule has 1 heterocycles. The van der Waals surface area contributed by atoms with E-state index in [1.54, 1.807) is 0 Å². The maximum absolute atomic E-state index is 8.63. The third-order valence-electron chi connectivity index (χ3n) is 1.79. The van der Waals surface area contributed by atoms with Gasteiger partial charge in [0.1, 0.15) is 0 Å². The van der Waals surface area contributed by atoms with E-state index in [4.69, 9.17) is 5.21 Å². The second-order valence-electron chi connectivity index (χ2n) is 2.43. The Labute approximate surface area is 64.3 Å². The summed E-state index contributed by atoms with van der Waals surface area (Å²) in [6.07, 6.45) is 0. The molecule has 1 aromatic carbocycles. The highest BCUT2D eigenvalue weighted by Gasteiger charge is 2.12. The quantitative estimate of drug-likeness (QED) is 0.537. The van der Waals surface area contributed by atoms with Gasteiger partial charge in [0.05, 0.1) is 6.54 Å². The highest BCUT2D eigenvalue weighted by Crippen LogP contribution is 2.16. The predicted molar refractivity (Wildman–Crippen MR) is 41.6 cm³/mol. The highest BCUT2D eigenvalue weighted by atomic mass is 16.5. The standard InChI is InChI=1S/C8H8N2O/c11-10-8-7-4-2-1-3-6(7)5-9-8/h1-4,11H,5H2,(H,9,10). The molecule has 0 fully saturated rings. The van der Waals surface area contributed by atoms with Crippen molar-refractivity contribution < 1.29 is 5.21 Å². The number of hydroxylamine groups is 1. The van der Waals surface area contributed by atoms with Gasteiger partial charge in [0.2, 0.25) is 0 Å². The molecule has 2 rings (SSSR count). The van der Waals surface area contributed by atoms with Crippen molar-refractivity contribution in [2.45, 2.75) is 6.54 Å². The van der Waals surface area contributed by atoms with Crippen LogP contribution in [0.4, 0.5) is 0 Å². The van der Waals surface area contributed by atoms with Crippen molar-refractivity contribution >= 4 is 5.84 Å². The van der Waals surface area contributed by atoms with E-state index in [-0.39, 0.29) is 0 Å².